The van der Waals surface area contributed by atoms with Crippen LogP contribution in [-0.2, 0) is 25.2 Å². The van der Waals surface area contributed by atoms with E-state index in [1.165, 1.54) is 13.8 Å². The molecule has 1 aliphatic heterocycles. The third-order valence-corrected chi connectivity index (χ3v) is 5.36. The van der Waals surface area contributed by atoms with Gasteiger partial charge in [-0.1, -0.05) is 42.5 Å². The van der Waals surface area contributed by atoms with Crippen molar-refractivity contribution in [2.45, 2.75) is 19.4 Å². The highest BCUT2D eigenvalue weighted by atomic mass is 32.2. The highest BCUT2D eigenvalue weighted by molar-refractivity contribution is 7.89. The number of aliphatic hydroxyl groups excluding tert-OH is 1. The zero-order valence-corrected chi connectivity index (χ0v) is 14.1. The molecule has 1 aliphatic rings. The fraction of sp³-hybridized carbons (Fsp3) is 0.235. The molecule has 0 aliphatic carbocycles. The molecule has 6 nitrogen and oxygen atoms in total. The molecule has 0 radical (unpaired) electrons. The Kier molecular flexibility index (Phi) is 3.76. The summed E-state index contributed by atoms with van der Waals surface area (Å²) in [6, 6.07) is 12.9. The summed E-state index contributed by atoms with van der Waals surface area (Å²) in [5.41, 5.74) is -0.945. The summed E-state index contributed by atoms with van der Waals surface area (Å²) < 4.78 is 31.2. The average molecular weight is 347 g/mol. The lowest BCUT2D eigenvalue weighted by atomic mass is 9.88. The van der Waals surface area contributed by atoms with Gasteiger partial charge in [-0.3, -0.25) is 9.52 Å². The number of fused-ring (bicyclic) bond motifs is 1. The van der Waals surface area contributed by atoms with E-state index in [9.17, 15) is 18.3 Å². The third-order valence-electron chi connectivity index (χ3n) is 4.10. The van der Waals surface area contributed by atoms with Gasteiger partial charge in [-0.25, -0.2) is 8.42 Å². The maximum absolute atomic E-state index is 12.6. The van der Waals surface area contributed by atoms with E-state index >= 15 is 0 Å². The first kappa shape index (κ1) is 16.3. The standard InChI is InChI=1S/C17H17NO5S/c1-3-24(21,22)18-16-14(19)15(20)17(2,23-16)13-10-6-8-11-7-4-5-9-12(11)13/h4-10,18-19H,3H2,1-2H3. The van der Waals surface area contributed by atoms with E-state index in [2.05, 4.69) is 4.72 Å². The number of rotatable bonds is 4. The number of ketones is 1. The Morgan fingerprint density at radius 2 is 1.83 bits per heavy atom. The zero-order valence-electron chi connectivity index (χ0n) is 13.2. The van der Waals surface area contributed by atoms with Crippen LogP contribution in [0.1, 0.15) is 19.4 Å². The van der Waals surface area contributed by atoms with Crippen LogP contribution < -0.4 is 4.72 Å². The lowest BCUT2D eigenvalue weighted by molar-refractivity contribution is -0.131. The SMILES string of the molecule is CCS(=O)(=O)NC1=C(O)C(=O)C(C)(c2cccc3ccccc23)O1. The van der Waals surface area contributed by atoms with Gasteiger partial charge in [0.25, 0.3) is 5.78 Å². The van der Waals surface area contributed by atoms with Gasteiger partial charge in [0.2, 0.25) is 21.7 Å². The molecule has 7 heteroatoms. The largest absolute Gasteiger partial charge is 0.501 e. The number of sulfonamides is 1. The Hall–Kier alpha value is -2.54. The van der Waals surface area contributed by atoms with Gasteiger partial charge < -0.3 is 9.84 Å². The lowest BCUT2D eigenvalue weighted by Gasteiger charge is -2.25. The van der Waals surface area contributed by atoms with Crippen LogP contribution in [0, 0.1) is 0 Å². The summed E-state index contributed by atoms with van der Waals surface area (Å²) in [6.07, 6.45) is 0. The Morgan fingerprint density at radius 1 is 1.17 bits per heavy atom. The van der Waals surface area contributed by atoms with Gasteiger partial charge in [0.05, 0.1) is 5.75 Å². The molecule has 0 aromatic heterocycles. The van der Waals surface area contributed by atoms with Crippen molar-refractivity contribution in [2.24, 2.45) is 0 Å². The van der Waals surface area contributed by atoms with Crippen LogP contribution in [-0.4, -0.2) is 25.1 Å². The van der Waals surface area contributed by atoms with Crippen LogP contribution in [0.3, 0.4) is 0 Å². The lowest BCUT2D eigenvalue weighted by Crippen LogP contribution is -2.32. The molecule has 0 saturated heterocycles. The number of hydrogen-bond donors (Lipinski definition) is 2. The molecule has 2 aromatic carbocycles. The third kappa shape index (κ3) is 2.50. The quantitative estimate of drug-likeness (QED) is 0.885. The second-order valence-corrected chi connectivity index (χ2v) is 7.69. The fourth-order valence-corrected chi connectivity index (χ4v) is 3.29. The van der Waals surface area contributed by atoms with Crippen LogP contribution >= 0.6 is 0 Å². The van der Waals surface area contributed by atoms with E-state index in [1.54, 1.807) is 12.1 Å². The van der Waals surface area contributed by atoms with Crippen molar-refractivity contribution in [1.29, 1.82) is 0 Å². The van der Waals surface area contributed by atoms with Crippen LogP contribution in [0.5, 0.6) is 0 Å². The van der Waals surface area contributed by atoms with Crippen LogP contribution in [0.15, 0.2) is 54.1 Å². The predicted octanol–water partition coefficient (Wildman–Crippen LogP) is 2.32. The summed E-state index contributed by atoms with van der Waals surface area (Å²) in [6.45, 7) is 2.96. The van der Waals surface area contributed by atoms with Crippen molar-refractivity contribution < 1.29 is 23.1 Å². The second kappa shape index (κ2) is 5.52. The minimum Gasteiger partial charge on any atom is -0.501 e. The molecule has 1 unspecified atom stereocenters. The Labute approximate surface area is 139 Å². The molecule has 0 bridgehead atoms. The molecule has 0 amide bonds. The van der Waals surface area contributed by atoms with Gasteiger partial charge in [-0.2, -0.15) is 0 Å². The number of aliphatic hydroxyl groups is 1. The van der Waals surface area contributed by atoms with E-state index in [-0.39, 0.29) is 5.75 Å². The van der Waals surface area contributed by atoms with Crippen LogP contribution in [0.2, 0.25) is 0 Å². The second-order valence-electron chi connectivity index (χ2n) is 5.67. The van der Waals surface area contributed by atoms with E-state index in [1.807, 2.05) is 30.3 Å². The fourth-order valence-electron chi connectivity index (χ4n) is 2.73. The smallest absolute Gasteiger partial charge is 0.250 e. The van der Waals surface area contributed by atoms with Crippen molar-refractivity contribution in [1.82, 2.24) is 4.72 Å². The van der Waals surface area contributed by atoms with Crippen molar-refractivity contribution >= 4 is 26.6 Å². The van der Waals surface area contributed by atoms with Crippen molar-refractivity contribution in [3.63, 3.8) is 0 Å². The van der Waals surface area contributed by atoms with Gasteiger partial charge in [0.15, 0.2) is 5.60 Å². The molecule has 0 saturated carbocycles. The van der Waals surface area contributed by atoms with E-state index < -0.39 is 33.0 Å². The summed E-state index contributed by atoms with van der Waals surface area (Å²) >= 11 is 0. The number of hydrogen-bond acceptors (Lipinski definition) is 5. The molecule has 1 atom stereocenters. The molecule has 0 spiro atoms. The monoisotopic (exact) mass is 347 g/mol. The van der Waals surface area contributed by atoms with E-state index in [0.29, 0.717) is 5.56 Å². The molecule has 126 valence electrons. The zero-order chi connectivity index (χ0) is 17.5. The summed E-state index contributed by atoms with van der Waals surface area (Å²) in [7, 11) is -3.68. The Balaban J connectivity index is 2.08. The van der Waals surface area contributed by atoms with Crippen LogP contribution in [0.4, 0.5) is 0 Å². The Morgan fingerprint density at radius 3 is 2.54 bits per heavy atom. The maximum Gasteiger partial charge on any atom is 0.250 e. The number of benzene rings is 2. The maximum atomic E-state index is 12.6. The summed E-state index contributed by atoms with van der Waals surface area (Å²) in [5.74, 6) is -2.04. The molecule has 1 heterocycles. The van der Waals surface area contributed by atoms with Gasteiger partial charge in [-0.05, 0) is 24.6 Å². The molecule has 2 aromatic rings. The van der Waals surface area contributed by atoms with Gasteiger partial charge in [-0.15, -0.1) is 0 Å². The highest BCUT2D eigenvalue weighted by Gasteiger charge is 2.49. The van der Waals surface area contributed by atoms with Crippen molar-refractivity contribution in [3.05, 3.63) is 59.7 Å². The Bertz CT molecular complexity index is 959. The molecule has 2 N–H and O–H groups in total. The predicted molar refractivity (Wildman–Crippen MR) is 89.6 cm³/mol. The van der Waals surface area contributed by atoms with Crippen molar-refractivity contribution in [2.75, 3.05) is 5.75 Å². The molecular weight excluding hydrogens is 330 g/mol. The van der Waals surface area contributed by atoms with Gasteiger partial charge in [0.1, 0.15) is 0 Å². The number of Topliss-reactive ketones (excluding diaryl/α,β-unsaturated/α-hetero) is 1. The topological polar surface area (TPSA) is 92.7 Å². The normalized spacial score (nSPS) is 21.2. The first-order valence-corrected chi connectivity index (χ1v) is 9.09. The summed E-state index contributed by atoms with van der Waals surface area (Å²) in [4.78, 5) is 12.6. The van der Waals surface area contributed by atoms with E-state index in [0.717, 1.165) is 10.8 Å². The highest BCUT2D eigenvalue weighted by Crippen LogP contribution is 2.40. The first-order chi connectivity index (χ1) is 11.3. The van der Waals surface area contributed by atoms with Crippen molar-refractivity contribution in [3.8, 4) is 0 Å². The van der Waals surface area contributed by atoms with E-state index in [4.69, 9.17) is 4.74 Å². The average Bonchev–Trinajstić information content (AvgIpc) is 2.79. The number of ether oxygens (including phenoxy) is 1. The minimum absolute atomic E-state index is 0.202. The minimum atomic E-state index is -3.68. The first-order valence-electron chi connectivity index (χ1n) is 7.44. The van der Waals surface area contributed by atoms with Crippen LogP contribution in [0.25, 0.3) is 10.8 Å². The molecule has 0 fully saturated rings. The molecular formula is C17H17NO5S. The number of nitrogens with one attached hydrogen (secondary N) is 1. The number of carbonyl (C=O) groups is 1. The molecule has 3 rings (SSSR count). The van der Waals surface area contributed by atoms with Gasteiger partial charge in [0, 0.05) is 5.56 Å². The van der Waals surface area contributed by atoms with Gasteiger partial charge >= 0.3 is 0 Å². The molecule has 24 heavy (non-hydrogen) atoms. The number of carbonyl (C=O) groups excluding carboxylic acids is 1. The summed E-state index contributed by atoms with van der Waals surface area (Å²) in [5, 5.41) is 11.8.